The number of fused-ring (bicyclic) bond motifs is 4. The molecule has 3 aliphatic carbocycles. The Kier molecular flexibility index (Phi) is 5.80. The topological polar surface area (TPSA) is 124 Å². The number of hydrogen-bond donors (Lipinski definition) is 2. The van der Waals surface area contributed by atoms with Crippen LogP contribution in [0.15, 0.2) is 60.7 Å². The van der Waals surface area contributed by atoms with Crippen molar-refractivity contribution in [2.75, 3.05) is 6.61 Å². The van der Waals surface area contributed by atoms with Crippen molar-refractivity contribution in [3.63, 3.8) is 0 Å². The van der Waals surface area contributed by atoms with Gasteiger partial charge in [-0.15, -0.1) is 0 Å². The van der Waals surface area contributed by atoms with Gasteiger partial charge < -0.3 is 33.9 Å². The molecule has 8 rings (SSSR count). The number of hydrogen-bond acceptors (Lipinski definition) is 9. The third-order valence-corrected chi connectivity index (χ3v) is 12.5. The summed E-state index contributed by atoms with van der Waals surface area (Å²) in [6, 6.07) is 17.6. The Morgan fingerprint density at radius 3 is 2.16 bits per heavy atom. The lowest BCUT2D eigenvalue weighted by atomic mass is 9.42. The van der Waals surface area contributed by atoms with E-state index in [0.29, 0.717) is 17.5 Å². The summed E-state index contributed by atoms with van der Waals surface area (Å²) in [6.07, 6.45) is -0.293. The molecule has 2 N–H and O–H groups in total. The average molecular weight is 605 g/mol. The minimum absolute atomic E-state index is 0.0869. The summed E-state index contributed by atoms with van der Waals surface area (Å²) < 4.78 is 31.9. The maximum Gasteiger partial charge on any atom is 0.338 e. The van der Waals surface area contributed by atoms with E-state index >= 15 is 0 Å². The molecule has 6 fully saturated rings. The van der Waals surface area contributed by atoms with E-state index in [0.717, 1.165) is 12.8 Å². The molecular weight excluding hydrogens is 564 g/mol. The number of aliphatic hydroxyl groups is 2. The highest BCUT2D eigenvalue weighted by Gasteiger charge is 2.96. The van der Waals surface area contributed by atoms with Crippen LogP contribution in [-0.2, 0) is 23.7 Å². The molecule has 3 saturated heterocycles. The molecule has 44 heavy (non-hydrogen) atoms. The lowest BCUT2D eigenvalue weighted by Crippen LogP contribution is -2.72. The Hall–Kier alpha value is -2.82. The van der Waals surface area contributed by atoms with E-state index in [1.54, 1.807) is 55.5 Å². The Bertz CT molecular complexity index is 1520. The smallest absolute Gasteiger partial charge is 0.338 e. The van der Waals surface area contributed by atoms with Gasteiger partial charge in [-0.3, -0.25) is 0 Å². The second kappa shape index (κ2) is 8.91. The van der Waals surface area contributed by atoms with Gasteiger partial charge in [-0.25, -0.2) is 9.59 Å². The van der Waals surface area contributed by atoms with Crippen molar-refractivity contribution >= 4 is 11.9 Å². The van der Waals surface area contributed by atoms with Gasteiger partial charge in [0.25, 0.3) is 0 Å². The van der Waals surface area contributed by atoms with Gasteiger partial charge in [-0.05, 0) is 61.8 Å². The molecule has 0 bridgehead atoms. The first-order chi connectivity index (χ1) is 20.8. The molecule has 6 aliphatic rings. The molecule has 9 heteroatoms. The quantitative estimate of drug-likeness (QED) is 0.384. The zero-order valence-corrected chi connectivity index (χ0v) is 25.5. The summed E-state index contributed by atoms with van der Waals surface area (Å²) in [7, 11) is 0. The molecule has 2 aromatic rings. The number of carbonyl (C=O) groups excluding carboxylic acids is 2. The van der Waals surface area contributed by atoms with Crippen LogP contribution in [0.25, 0.3) is 0 Å². The van der Waals surface area contributed by atoms with Crippen molar-refractivity contribution in [3.05, 3.63) is 71.8 Å². The molecule has 0 amide bonds. The van der Waals surface area contributed by atoms with Crippen LogP contribution in [0.1, 0.15) is 74.1 Å². The fourth-order valence-corrected chi connectivity index (χ4v) is 10.1. The van der Waals surface area contributed by atoms with Crippen molar-refractivity contribution < 1.29 is 43.5 Å². The Morgan fingerprint density at radius 1 is 0.909 bits per heavy atom. The van der Waals surface area contributed by atoms with Crippen molar-refractivity contribution in [1.82, 2.24) is 0 Å². The zero-order valence-electron chi connectivity index (χ0n) is 25.5. The maximum absolute atomic E-state index is 13.5. The number of aliphatic hydroxyl groups excluding tert-OH is 1. The third kappa shape index (κ3) is 3.32. The highest BCUT2D eigenvalue weighted by molar-refractivity contribution is 5.90. The molecule has 3 aliphatic heterocycles. The Morgan fingerprint density at radius 2 is 1.55 bits per heavy atom. The number of esters is 2. The van der Waals surface area contributed by atoms with E-state index in [2.05, 4.69) is 6.92 Å². The number of ether oxygens (including phenoxy) is 5. The maximum atomic E-state index is 13.5. The van der Waals surface area contributed by atoms with E-state index < -0.39 is 70.3 Å². The summed E-state index contributed by atoms with van der Waals surface area (Å²) in [5.74, 6) is -3.02. The number of epoxide rings is 1. The molecular formula is C35H40O9. The van der Waals surface area contributed by atoms with Gasteiger partial charge in [0.15, 0.2) is 0 Å². The third-order valence-electron chi connectivity index (χ3n) is 12.5. The summed E-state index contributed by atoms with van der Waals surface area (Å²) in [5.41, 5.74) is -3.57. The van der Waals surface area contributed by atoms with Gasteiger partial charge in [0.05, 0.1) is 16.5 Å². The van der Waals surface area contributed by atoms with Crippen LogP contribution in [0.5, 0.6) is 0 Å². The van der Waals surface area contributed by atoms with Crippen LogP contribution in [0.3, 0.4) is 0 Å². The summed E-state index contributed by atoms with van der Waals surface area (Å²) in [4.78, 5) is 26.2. The van der Waals surface area contributed by atoms with Crippen LogP contribution >= 0.6 is 0 Å². The first-order valence-corrected chi connectivity index (χ1v) is 15.8. The summed E-state index contributed by atoms with van der Waals surface area (Å²) >= 11 is 0. The van der Waals surface area contributed by atoms with Gasteiger partial charge >= 0.3 is 11.9 Å². The van der Waals surface area contributed by atoms with Crippen LogP contribution in [0, 0.1) is 22.7 Å². The Labute approximate surface area is 256 Å². The molecule has 12 atom stereocenters. The first kappa shape index (κ1) is 28.6. The number of carbonyl (C=O) groups is 2. The van der Waals surface area contributed by atoms with Crippen molar-refractivity contribution in [3.8, 4) is 0 Å². The molecule has 9 nitrogen and oxygen atoms in total. The van der Waals surface area contributed by atoms with E-state index in [1.807, 2.05) is 26.0 Å². The normalized spacial score (nSPS) is 49.3. The van der Waals surface area contributed by atoms with Crippen LogP contribution in [0.4, 0.5) is 0 Å². The van der Waals surface area contributed by atoms with Crippen molar-refractivity contribution in [2.45, 2.75) is 100 Å². The van der Waals surface area contributed by atoms with Gasteiger partial charge in [0.2, 0.25) is 5.79 Å². The first-order valence-electron chi connectivity index (χ1n) is 15.8. The van der Waals surface area contributed by atoms with Crippen LogP contribution < -0.4 is 0 Å². The molecule has 0 radical (unpaired) electrons. The zero-order chi connectivity index (χ0) is 30.9. The van der Waals surface area contributed by atoms with Crippen LogP contribution in [-0.4, -0.2) is 75.8 Å². The molecule has 0 unspecified atom stereocenters. The van der Waals surface area contributed by atoms with Gasteiger partial charge in [0.1, 0.15) is 47.8 Å². The molecule has 3 heterocycles. The predicted octanol–water partition coefficient (Wildman–Crippen LogP) is 4.05. The van der Waals surface area contributed by atoms with E-state index in [1.165, 1.54) is 0 Å². The fraction of sp³-hybridized carbons (Fsp3) is 0.600. The molecule has 2 aromatic carbocycles. The minimum Gasteiger partial charge on any atom is -0.459 e. The lowest BCUT2D eigenvalue weighted by Gasteiger charge is -2.64. The SMILES string of the molecule is C[C@@H]1[C@]2(O[C@H]3[C@@H]4O[C@@]45[C@@H]4CC[C@@]4(C)C[C@@H](OC(=O)c4ccccc4)[C@]5(C)[C@@]13O)O[C@](C)(COC(=O)c1ccccc1)C[C@H]2O. The predicted molar refractivity (Wildman–Crippen MR) is 155 cm³/mol. The minimum atomic E-state index is -1.57. The molecule has 2 spiro atoms. The highest BCUT2D eigenvalue weighted by Crippen LogP contribution is 2.83. The Balaban J connectivity index is 1.11. The van der Waals surface area contributed by atoms with Crippen molar-refractivity contribution in [2.24, 2.45) is 22.7 Å². The van der Waals surface area contributed by atoms with E-state index in [-0.39, 0.29) is 24.4 Å². The van der Waals surface area contributed by atoms with Crippen molar-refractivity contribution in [1.29, 1.82) is 0 Å². The molecule has 234 valence electrons. The second-order valence-electron chi connectivity index (χ2n) is 14.8. The monoisotopic (exact) mass is 604 g/mol. The molecule has 3 saturated carbocycles. The van der Waals surface area contributed by atoms with Gasteiger partial charge in [-0.1, -0.05) is 57.2 Å². The van der Waals surface area contributed by atoms with Gasteiger partial charge in [-0.2, -0.15) is 0 Å². The molecule has 0 aromatic heterocycles. The largest absolute Gasteiger partial charge is 0.459 e. The summed E-state index contributed by atoms with van der Waals surface area (Å²) in [6.45, 7) is 7.74. The fourth-order valence-electron chi connectivity index (χ4n) is 10.1. The summed E-state index contributed by atoms with van der Waals surface area (Å²) in [5, 5.41) is 24.6. The van der Waals surface area contributed by atoms with E-state index in [9.17, 15) is 19.8 Å². The van der Waals surface area contributed by atoms with Gasteiger partial charge in [0, 0.05) is 12.3 Å². The number of benzene rings is 2. The number of rotatable bonds is 5. The van der Waals surface area contributed by atoms with Crippen LogP contribution in [0.2, 0.25) is 0 Å². The average Bonchev–Trinajstić information content (AvgIpc) is 3.56. The highest BCUT2D eigenvalue weighted by atomic mass is 16.8. The van der Waals surface area contributed by atoms with E-state index in [4.69, 9.17) is 23.7 Å². The second-order valence-corrected chi connectivity index (χ2v) is 14.8. The lowest BCUT2D eigenvalue weighted by molar-refractivity contribution is -0.287. The standard InChI is InChI=1S/C35H40O9/c1-20-33(39)26(43-35(20)24(36)17-31(3,44-35)19-40-28(37)21-11-7-5-8-12-21)27-34(42-27)23-15-16-30(23,2)18-25(32(33,34)4)41-29(38)22-13-9-6-10-14-22/h5-14,20,23-27,36,39H,15-19H2,1-4H3/t20-,23+,24+,25+,26-,27-,30-,31-,32+,33+,34-,35-/m0/s1.